The molecule has 3 N–H and O–H groups in total. The van der Waals surface area contributed by atoms with Gasteiger partial charge in [-0.05, 0) is 44.1 Å². The summed E-state index contributed by atoms with van der Waals surface area (Å²) in [6.45, 7) is 1.98. The van der Waals surface area contributed by atoms with E-state index in [1.165, 1.54) is 0 Å². The van der Waals surface area contributed by atoms with Crippen LogP contribution in [0.5, 0.6) is 0 Å². The van der Waals surface area contributed by atoms with E-state index >= 15 is 0 Å². The molecule has 0 radical (unpaired) electrons. The molecule has 1 amide bonds. The summed E-state index contributed by atoms with van der Waals surface area (Å²) in [6, 6.07) is 6.24. The molecule has 6 heterocycles. The van der Waals surface area contributed by atoms with Crippen molar-refractivity contribution in [1.29, 1.82) is 0 Å². The van der Waals surface area contributed by atoms with Gasteiger partial charge in [0.2, 0.25) is 0 Å². The largest absolute Gasteiger partial charge is 0.346 e. The number of nitrogens with one attached hydrogen (secondary N) is 3. The smallest absolute Gasteiger partial charge is 0.257 e. The number of aromatic nitrogens is 6. The molecule has 32 heavy (non-hydrogen) atoms. The van der Waals surface area contributed by atoms with Crippen LogP contribution in [0.4, 0.5) is 5.69 Å². The molecule has 9 nitrogen and oxygen atoms in total. The second-order valence-corrected chi connectivity index (χ2v) is 8.08. The van der Waals surface area contributed by atoms with Crippen molar-refractivity contribution in [2.75, 3.05) is 18.4 Å². The summed E-state index contributed by atoms with van der Waals surface area (Å²) < 4.78 is 3.92. The van der Waals surface area contributed by atoms with Gasteiger partial charge >= 0.3 is 0 Å². The minimum Gasteiger partial charge on any atom is -0.346 e. The number of carbonyl (C=O) groups excluding carboxylic acids is 1. The molecule has 1 fully saturated rings. The van der Waals surface area contributed by atoms with Crippen LogP contribution in [0.3, 0.4) is 0 Å². The van der Waals surface area contributed by atoms with Crippen molar-refractivity contribution >= 4 is 28.3 Å². The number of fused-ring (bicyclic) bond motifs is 2. The Labute approximate surface area is 183 Å². The van der Waals surface area contributed by atoms with Crippen molar-refractivity contribution in [3.63, 3.8) is 0 Å². The average Bonchev–Trinajstić information content (AvgIpc) is 3.58. The Balaban J connectivity index is 1.27. The van der Waals surface area contributed by atoms with Crippen molar-refractivity contribution in [3.8, 4) is 11.1 Å². The minimum absolute atomic E-state index is 0.207. The predicted molar refractivity (Wildman–Crippen MR) is 122 cm³/mol. The molecule has 0 atom stereocenters. The number of piperidine rings is 1. The Morgan fingerprint density at radius 2 is 2.03 bits per heavy atom. The normalized spacial score (nSPS) is 14.9. The number of pyridine rings is 2. The van der Waals surface area contributed by atoms with Crippen molar-refractivity contribution < 1.29 is 4.79 Å². The molecular formula is C23H22N8O. The zero-order valence-corrected chi connectivity index (χ0v) is 17.3. The quantitative estimate of drug-likeness (QED) is 0.409. The van der Waals surface area contributed by atoms with E-state index in [1.54, 1.807) is 18.6 Å². The van der Waals surface area contributed by atoms with E-state index in [-0.39, 0.29) is 5.91 Å². The van der Waals surface area contributed by atoms with Gasteiger partial charge in [-0.15, -0.1) is 0 Å². The fourth-order valence-electron chi connectivity index (χ4n) is 4.32. The fourth-order valence-corrected chi connectivity index (χ4v) is 4.32. The summed E-state index contributed by atoms with van der Waals surface area (Å²) in [5.74, 6) is -0.207. The lowest BCUT2D eigenvalue weighted by atomic mass is 10.1. The van der Waals surface area contributed by atoms with Crippen molar-refractivity contribution in [2.45, 2.75) is 18.9 Å². The molecule has 0 spiro atoms. The van der Waals surface area contributed by atoms with Gasteiger partial charge < -0.3 is 20.0 Å². The molecule has 0 aliphatic carbocycles. The van der Waals surface area contributed by atoms with Gasteiger partial charge in [-0.3, -0.25) is 9.48 Å². The highest BCUT2D eigenvalue weighted by atomic mass is 16.1. The number of H-pyrrole nitrogens is 1. The molecule has 5 aromatic rings. The zero-order valence-electron chi connectivity index (χ0n) is 17.3. The Morgan fingerprint density at radius 3 is 2.94 bits per heavy atom. The maximum Gasteiger partial charge on any atom is 0.257 e. The van der Waals surface area contributed by atoms with E-state index in [9.17, 15) is 4.79 Å². The Hall–Kier alpha value is -3.98. The number of imidazole rings is 1. The molecule has 0 bridgehead atoms. The topological polar surface area (TPSA) is 105 Å². The second-order valence-electron chi connectivity index (χ2n) is 8.08. The Bertz CT molecular complexity index is 1420. The summed E-state index contributed by atoms with van der Waals surface area (Å²) in [5, 5.41) is 11.7. The maximum atomic E-state index is 12.9. The zero-order chi connectivity index (χ0) is 21.5. The van der Waals surface area contributed by atoms with Crippen molar-refractivity contribution in [1.82, 2.24) is 34.4 Å². The summed E-state index contributed by atoms with van der Waals surface area (Å²) in [6.07, 6.45) is 14.9. The number of carbonyl (C=O) groups is 1. The number of hydrogen-bond acceptors (Lipinski definition) is 5. The second kappa shape index (κ2) is 7.61. The number of hydrogen-bond donors (Lipinski definition) is 3. The number of nitrogens with zero attached hydrogens (tertiary/aromatic N) is 5. The molecule has 160 valence electrons. The lowest BCUT2D eigenvalue weighted by Gasteiger charge is -2.22. The maximum absolute atomic E-state index is 12.9. The highest BCUT2D eigenvalue weighted by Crippen LogP contribution is 2.29. The minimum atomic E-state index is -0.207. The van der Waals surface area contributed by atoms with Gasteiger partial charge in [0.25, 0.3) is 5.91 Å². The van der Waals surface area contributed by atoms with Crippen LogP contribution in [0, 0.1) is 0 Å². The van der Waals surface area contributed by atoms with E-state index in [1.807, 2.05) is 52.1 Å². The van der Waals surface area contributed by atoms with E-state index in [2.05, 4.69) is 30.7 Å². The first-order valence-corrected chi connectivity index (χ1v) is 10.7. The fraction of sp³-hybridized carbons (Fsp3) is 0.217. The van der Waals surface area contributed by atoms with Crippen LogP contribution in [0.2, 0.25) is 0 Å². The molecule has 1 aliphatic rings. The van der Waals surface area contributed by atoms with Crippen LogP contribution in [0.25, 0.3) is 27.8 Å². The third kappa shape index (κ3) is 3.32. The van der Waals surface area contributed by atoms with Gasteiger partial charge in [-0.2, -0.15) is 5.10 Å². The summed E-state index contributed by atoms with van der Waals surface area (Å²) in [4.78, 5) is 24.9. The molecule has 6 rings (SSSR count). The molecule has 0 saturated carbocycles. The first kappa shape index (κ1) is 18.8. The highest BCUT2D eigenvalue weighted by molar-refractivity contribution is 6.07. The van der Waals surface area contributed by atoms with Crippen LogP contribution in [0.15, 0.2) is 61.6 Å². The third-order valence-electron chi connectivity index (χ3n) is 6.04. The number of anilines is 1. The molecule has 1 aliphatic heterocycles. The van der Waals surface area contributed by atoms with Gasteiger partial charge in [0.05, 0.1) is 23.5 Å². The summed E-state index contributed by atoms with van der Waals surface area (Å²) in [7, 11) is 0. The van der Waals surface area contributed by atoms with Crippen molar-refractivity contribution in [2.24, 2.45) is 0 Å². The standard InChI is InChI=1S/C23H22N8O/c32-23(29-17-11-28-31(14-17)18-3-5-24-6-4-18)16-9-19-20(12-27-22(19)26-10-16)15-1-2-21-25-7-8-30(21)13-15/h1-2,7-14,18,24H,3-6H2,(H,26,27)(H,29,32). The van der Waals surface area contributed by atoms with Crippen LogP contribution in [-0.2, 0) is 0 Å². The molecule has 0 unspecified atom stereocenters. The van der Waals surface area contributed by atoms with Crippen LogP contribution < -0.4 is 10.6 Å². The Kier molecular flexibility index (Phi) is 4.46. The third-order valence-corrected chi connectivity index (χ3v) is 6.04. The molecule has 1 saturated heterocycles. The van der Waals surface area contributed by atoms with Gasteiger partial charge in [-0.25, -0.2) is 9.97 Å². The number of amides is 1. The number of rotatable bonds is 4. The van der Waals surface area contributed by atoms with Crippen LogP contribution >= 0.6 is 0 Å². The van der Waals surface area contributed by atoms with Gasteiger partial charge in [0, 0.05) is 53.7 Å². The van der Waals surface area contributed by atoms with Crippen LogP contribution in [-0.4, -0.2) is 48.1 Å². The van der Waals surface area contributed by atoms with E-state index in [0.717, 1.165) is 53.7 Å². The summed E-state index contributed by atoms with van der Waals surface area (Å²) >= 11 is 0. The molecule has 5 aromatic heterocycles. The SMILES string of the molecule is O=C(Nc1cnn(C2CCNCC2)c1)c1cnc2[nH]cc(-c3ccc4nccn4c3)c2c1. The average molecular weight is 426 g/mol. The number of aromatic amines is 1. The van der Waals surface area contributed by atoms with Gasteiger partial charge in [-0.1, -0.05) is 0 Å². The van der Waals surface area contributed by atoms with Gasteiger partial charge in [0.15, 0.2) is 0 Å². The first-order valence-electron chi connectivity index (χ1n) is 10.7. The highest BCUT2D eigenvalue weighted by Gasteiger charge is 2.17. The summed E-state index contributed by atoms with van der Waals surface area (Å²) in [5.41, 5.74) is 4.81. The lowest BCUT2D eigenvalue weighted by Crippen LogP contribution is -2.29. The predicted octanol–water partition coefficient (Wildman–Crippen LogP) is 3.25. The van der Waals surface area contributed by atoms with E-state index in [0.29, 0.717) is 17.3 Å². The van der Waals surface area contributed by atoms with E-state index < -0.39 is 0 Å². The molecule has 0 aromatic carbocycles. The van der Waals surface area contributed by atoms with E-state index in [4.69, 9.17) is 0 Å². The van der Waals surface area contributed by atoms with Gasteiger partial charge in [0.1, 0.15) is 11.3 Å². The van der Waals surface area contributed by atoms with Crippen molar-refractivity contribution in [3.05, 3.63) is 67.1 Å². The molecule has 9 heteroatoms. The Morgan fingerprint density at radius 1 is 1.12 bits per heavy atom. The monoisotopic (exact) mass is 426 g/mol. The van der Waals surface area contributed by atoms with Crippen LogP contribution in [0.1, 0.15) is 29.2 Å². The lowest BCUT2D eigenvalue weighted by molar-refractivity contribution is 0.102. The first-order chi connectivity index (χ1) is 15.7. The molecular weight excluding hydrogens is 404 g/mol.